The Bertz CT molecular complexity index is 931. The fourth-order valence-corrected chi connectivity index (χ4v) is 10.4. The minimum absolute atomic E-state index is 0.0502. The predicted octanol–water partition coefficient (Wildman–Crippen LogP) is 4.31. The van der Waals surface area contributed by atoms with Crippen molar-refractivity contribution in [1.29, 1.82) is 0 Å². The highest BCUT2D eigenvalue weighted by atomic mass is 32.2. The van der Waals surface area contributed by atoms with Crippen molar-refractivity contribution in [3.8, 4) is 11.5 Å². The molecule has 0 saturated heterocycles. The summed E-state index contributed by atoms with van der Waals surface area (Å²) < 4.78 is 72.1. The molecule has 2 aromatic carbocycles. The van der Waals surface area contributed by atoms with Gasteiger partial charge in [0.1, 0.15) is 19.6 Å². The maximum absolute atomic E-state index is 13.0. The maximum Gasteiger partial charge on any atom is 0.534 e. The molecule has 29 heavy (non-hydrogen) atoms. The SMILES string of the molecule is COc1ccc([Si](c2ccccc2OS(=O)(=O)C(F)(F)F)(C(C)C)C(C)C)cc1. The Morgan fingerprint density at radius 2 is 1.41 bits per heavy atom. The summed E-state index contributed by atoms with van der Waals surface area (Å²) in [5, 5.41) is 1.48. The number of hydrogen-bond acceptors (Lipinski definition) is 4. The highest BCUT2D eigenvalue weighted by Gasteiger charge is 2.50. The van der Waals surface area contributed by atoms with Crippen LogP contribution in [-0.4, -0.2) is 29.1 Å². The molecule has 0 aliphatic carbocycles. The molecule has 0 heterocycles. The van der Waals surface area contributed by atoms with Crippen molar-refractivity contribution in [2.45, 2.75) is 44.3 Å². The van der Waals surface area contributed by atoms with Crippen molar-refractivity contribution >= 4 is 28.6 Å². The van der Waals surface area contributed by atoms with Crippen LogP contribution in [0.5, 0.6) is 11.5 Å². The van der Waals surface area contributed by atoms with Crippen LogP contribution in [0.15, 0.2) is 48.5 Å². The first-order valence-electron chi connectivity index (χ1n) is 9.12. The topological polar surface area (TPSA) is 52.6 Å². The monoisotopic (exact) mass is 446 g/mol. The first-order valence-corrected chi connectivity index (χ1v) is 12.7. The van der Waals surface area contributed by atoms with Crippen molar-refractivity contribution in [3.63, 3.8) is 0 Å². The minimum atomic E-state index is -5.78. The number of para-hydroxylation sites is 1. The highest BCUT2D eigenvalue weighted by molar-refractivity contribution is 7.88. The number of ether oxygens (including phenoxy) is 1. The number of alkyl halides is 3. The Balaban J connectivity index is 2.76. The highest BCUT2D eigenvalue weighted by Crippen LogP contribution is 2.36. The molecule has 0 N–H and O–H groups in total. The zero-order chi connectivity index (χ0) is 22.0. The van der Waals surface area contributed by atoms with Gasteiger partial charge in [-0.15, -0.1) is 0 Å². The maximum atomic E-state index is 13.0. The van der Waals surface area contributed by atoms with Gasteiger partial charge in [0.15, 0.2) is 0 Å². The quantitative estimate of drug-likeness (QED) is 0.361. The van der Waals surface area contributed by atoms with Gasteiger partial charge in [-0.1, -0.05) is 63.2 Å². The molecule has 160 valence electrons. The molecule has 0 atom stereocenters. The molecular formula is C20H25F3O4SSi. The van der Waals surface area contributed by atoms with Gasteiger partial charge in [-0.2, -0.15) is 21.6 Å². The van der Waals surface area contributed by atoms with E-state index in [1.807, 2.05) is 39.8 Å². The lowest BCUT2D eigenvalue weighted by molar-refractivity contribution is -0.0499. The molecule has 2 rings (SSSR count). The van der Waals surface area contributed by atoms with Crippen LogP contribution in [0.2, 0.25) is 11.1 Å². The standard InChI is InChI=1S/C20H25F3O4SSi/c1-14(2)29(15(3)4,17-12-10-16(26-5)11-13-17)19-9-7-6-8-18(19)27-28(24,25)20(21,22)23/h6-15H,1-5H3. The normalized spacial score (nSPS) is 13.0. The van der Waals surface area contributed by atoms with Gasteiger partial charge in [0.05, 0.1) is 7.11 Å². The van der Waals surface area contributed by atoms with E-state index in [0.717, 1.165) is 5.19 Å². The van der Waals surface area contributed by atoms with Gasteiger partial charge < -0.3 is 8.92 Å². The molecule has 0 aliphatic heterocycles. The lowest BCUT2D eigenvalue weighted by Crippen LogP contribution is -2.63. The Morgan fingerprint density at radius 1 is 0.897 bits per heavy atom. The summed E-state index contributed by atoms with van der Waals surface area (Å²) in [5.74, 6) is 0.392. The first-order chi connectivity index (χ1) is 13.4. The van der Waals surface area contributed by atoms with Crippen LogP contribution < -0.4 is 19.3 Å². The van der Waals surface area contributed by atoms with E-state index in [4.69, 9.17) is 4.74 Å². The fourth-order valence-electron chi connectivity index (χ4n) is 4.02. The van der Waals surface area contributed by atoms with E-state index >= 15 is 0 Å². The molecule has 9 heteroatoms. The molecule has 0 unspecified atom stereocenters. The summed E-state index contributed by atoms with van der Waals surface area (Å²) in [7, 11) is -6.98. The van der Waals surface area contributed by atoms with E-state index in [1.54, 1.807) is 31.4 Å². The molecule has 0 fully saturated rings. The van der Waals surface area contributed by atoms with E-state index in [0.29, 0.717) is 10.9 Å². The molecule has 4 nitrogen and oxygen atoms in total. The van der Waals surface area contributed by atoms with Crippen LogP contribution >= 0.6 is 0 Å². The zero-order valence-electron chi connectivity index (χ0n) is 16.9. The summed E-state index contributed by atoms with van der Waals surface area (Å²) in [4.78, 5) is 0. The third kappa shape index (κ3) is 4.30. The van der Waals surface area contributed by atoms with Crippen LogP contribution in [0.1, 0.15) is 27.7 Å². The molecule has 0 aliphatic rings. The van der Waals surface area contributed by atoms with Crippen molar-refractivity contribution in [2.24, 2.45) is 0 Å². The Kier molecular flexibility index (Phi) is 6.74. The Morgan fingerprint density at radius 3 is 1.86 bits per heavy atom. The van der Waals surface area contributed by atoms with Crippen LogP contribution in [0.25, 0.3) is 0 Å². The van der Waals surface area contributed by atoms with Crippen LogP contribution in [-0.2, 0) is 10.1 Å². The molecule has 0 amide bonds. The third-order valence-electron chi connectivity index (χ3n) is 5.20. The van der Waals surface area contributed by atoms with Gasteiger partial charge in [0.2, 0.25) is 0 Å². The third-order valence-corrected chi connectivity index (χ3v) is 12.4. The van der Waals surface area contributed by atoms with Crippen molar-refractivity contribution in [3.05, 3.63) is 48.5 Å². The fraction of sp³-hybridized carbons (Fsp3) is 0.400. The molecule has 0 bridgehead atoms. The Hall–Kier alpha value is -2.00. The second kappa shape index (κ2) is 8.39. The summed E-state index contributed by atoms with van der Waals surface area (Å²) in [6.07, 6.45) is 0. The van der Waals surface area contributed by atoms with Gasteiger partial charge >= 0.3 is 15.6 Å². The number of benzene rings is 2. The van der Waals surface area contributed by atoms with Crippen molar-refractivity contribution < 1.29 is 30.5 Å². The largest absolute Gasteiger partial charge is 0.534 e. The van der Waals surface area contributed by atoms with Gasteiger partial charge in [0.25, 0.3) is 0 Å². The molecule has 0 saturated carbocycles. The first kappa shape index (κ1) is 23.3. The van der Waals surface area contributed by atoms with Gasteiger partial charge in [-0.25, -0.2) is 0 Å². The van der Waals surface area contributed by atoms with Crippen molar-refractivity contribution in [1.82, 2.24) is 0 Å². The smallest absolute Gasteiger partial charge is 0.497 e. The van der Waals surface area contributed by atoms with E-state index in [9.17, 15) is 21.6 Å². The summed E-state index contributed by atoms with van der Waals surface area (Å²) in [6, 6.07) is 13.5. The van der Waals surface area contributed by atoms with Crippen molar-refractivity contribution in [2.75, 3.05) is 7.11 Å². The zero-order valence-corrected chi connectivity index (χ0v) is 18.8. The van der Waals surface area contributed by atoms with Crippen LogP contribution in [0.3, 0.4) is 0 Å². The Labute approximate surface area is 170 Å². The van der Waals surface area contributed by atoms with Crippen LogP contribution in [0.4, 0.5) is 13.2 Å². The van der Waals surface area contributed by atoms with E-state index in [1.165, 1.54) is 12.1 Å². The summed E-state index contributed by atoms with van der Waals surface area (Å²) in [6.45, 7) is 8.02. The molecular weight excluding hydrogens is 421 g/mol. The summed E-state index contributed by atoms with van der Waals surface area (Å²) >= 11 is 0. The second-order valence-corrected chi connectivity index (χ2v) is 14.1. The van der Waals surface area contributed by atoms with E-state index in [-0.39, 0.29) is 16.8 Å². The molecule has 0 radical (unpaired) electrons. The van der Waals surface area contributed by atoms with E-state index in [2.05, 4.69) is 4.18 Å². The number of halogens is 3. The second-order valence-electron chi connectivity index (χ2n) is 7.39. The van der Waals surface area contributed by atoms with Gasteiger partial charge in [-0.05, 0) is 34.5 Å². The molecule has 0 spiro atoms. The summed E-state index contributed by atoms with van der Waals surface area (Å²) in [5.41, 5.74) is -5.40. The lowest BCUT2D eigenvalue weighted by Gasteiger charge is -2.41. The number of methoxy groups -OCH3 is 1. The predicted molar refractivity (Wildman–Crippen MR) is 110 cm³/mol. The van der Waals surface area contributed by atoms with E-state index < -0.39 is 23.7 Å². The van der Waals surface area contributed by atoms with Gasteiger partial charge in [-0.3, -0.25) is 0 Å². The lowest BCUT2D eigenvalue weighted by atomic mass is 10.3. The average Bonchev–Trinajstić information content (AvgIpc) is 2.62. The van der Waals surface area contributed by atoms with Crippen LogP contribution in [0, 0.1) is 0 Å². The molecule has 2 aromatic rings. The number of rotatable bonds is 7. The number of hydrogen-bond donors (Lipinski definition) is 0. The van der Waals surface area contributed by atoms with Gasteiger partial charge in [0, 0.05) is 0 Å². The molecule has 0 aromatic heterocycles. The average molecular weight is 447 g/mol. The minimum Gasteiger partial charge on any atom is -0.497 e.